The van der Waals surface area contributed by atoms with E-state index in [4.69, 9.17) is 23.2 Å². The van der Waals surface area contributed by atoms with E-state index in [0.717, 1.165) is 4.68 Å². The number of nitriles is 1. The number of aromatic nitrogens is 3. The van der Waals surface area contributed by atoms with E-state index in [9.17, 15) is 10.1 Å². The number of hydrogen-bond acceptors (Lipinski definition) is 4. The summed E-state index contributed by atoms with van der Waals surface area (Å²) in [6, 6.07) is 15.6. The van der Waals surface area contributed by atoms with E-state index in [1.54, 1.807) is 30.3 Å². The summed E-state index contributed by atoms with van der Waals surface area (Å²) in [6.07, 6.45) is 0. The maximum atomic E-state index is 12.9. The summed E-state index contributed by atoms with van der Waals surface area (Å²) in [5.41, 5.74) is 1.20. The van der Waals surface area contributed by atoms with Gasteiger partial charge in [0.25, 0.3) is 0 Å². The topological polar surface area (TPSA) is 74.8 Å². The van der Waals surface area contributed by atoms with Crippen molar-refractivity contribution in [3.05, 3.63) is 64.3 Å². The minimum atomic E-state index is -0.489. The molecule has 0 aliphatic heterocycles. The van der Waals surface area contributed by atoms with E-state index < -0.39 is 6.03 Å². The molecular weight excluding hydrogens is 373 g/mol. The van der Waals surface area contributed by atoms with Crippen LogP contribution in [0.15, 0.2) is 48.5 Å². The molecule has 130 valence electrons. The summed E-state index contributed by atoms with van der Waals surface area (Å²) >= 11 is 12.4. The van der Waals surface area contributed by atoms with Crippen LogP contribution < -0.4 is 4.90 Å². The van der Waals surface area contributed by atoms with Crippen molar-refractivity contribution in [3.63, 3.8) is 0 Å². The number of carbonyl (C=O) groups is 1. The maximum Gasteiger partial charge on any atom is 0.351 e. The van der Waals surface area contributed by atoms with Gasteiger partial charge in [0.2, 0.25) is 0 Å². The monoisotopic (exact) mass is 385 g/mol. The van der Waals surface area contributed by atoms with Crippen molar-refractivity contribution in [2.45, 2.75) is 6.92 Å². The second-order valence-corrected chi connectivity index (χ2v) is 6.08. The summed E-state index contributed by atoms with van der Waals surface area (Å²) in [4.78, 5) is 14.4. The molecule has 3 rings (SSSR count). The van der Waals surface area contributed by atoms with Crippen LogP contribution in [0.25, 0.3) is 11.3 Å². The van der Waals surface area contributed by atoms with Crippen molar-refractivity contribution in [1.29, 1.82) is 5.26 Å². The third kappa shape index (κ3) is 3.15. The number of nitrogens with zero attached hydrogens (tertiary/aromatic N) is 5. The third-order valence-corrected chi connectivity index (χ3v) is 4.40. The van der Waals surface area contributed by atoms with Gasteiger partial charge in [0.15, 0.2) is 5.69 Å². The molecule has 0 aliphatic carbocycles. The number of halogens is 2. The van der Waals surface area contributed by atoms with Crippen molar-refractivity contribution >= 4 is 34.9 Å². The van der Waals surface area contributed by atoms with Gasteiger partial charge in [-0.3, -0.25) is 4.90 Å². The van der Waals surface area contributed by atoms with Crippen LogP contribution in [-0.2, 0) is 0 Å². The highest BCUT2D eigenvalue weighted by atomic mass is 35.5. The smallest absolute Gasteiger partial charge is 0.293 e. The molecule has 0 fully saturated rings. The van der Waals surface area contributed by atoms with E-state index in [2.05, 4.69) is 10.3 Å². The molecule has 0 radical (unpaired) electrons. The average Bonchev–Trinajstić information content (AvgIpc) is 3.06. The Morgan fingerprint density at radius 2 is 1.81 bits per heavy atom. The molecule has 26 heavy (non-hydrogen) atoms. The normalized spacial score (nSPS) is 10.4. The number of carbonyl (C=O) groups excluding carboxylic acids is 1. The first-order chi connectivity index (χ1) is 12.6. The molecule has 0 unspecified atom stereocenters. The van der Waals surface area contributed by atoms with Crippen LogP contribution in [0.1, 0.15) is 12.6 Å². The van der Waals surface area contributed by atoms with Crippen molar-refractivity contribution in [2.24, 2.45) is 0 Å². The summed E-state index contributed by atoms with van der Waals surface area (Å²) in [5, 5.41) is 18.1. The van der Waals surface area contributed by atoms with Gasteiger partial charge in [-0.25, -0.2) is 4.79 Å². The lowest BCUT2D eigenvalue weighted by Crippen LogP contribution is -2.35. The highest BCUT2D eigenvalue weighted by molar-refractivity contribution is 6.39. The first-order valence-corrected chi connectivity index (χ1v) is 8.51. The Bertz CT molecular complexity index is 974. The highest BCUT2D eigenvalue weighted by Gasteiger charge is 2.25. The summed E-state index contributed by atoms with van der Waals surface area (Å²) < 4.78 is 0.964. The first kappa shape index (κ1) is 17.9. The Morgan fingerprint density at radius 3 is 2.38 bits per heavy atom. The summed E-state index contributed by atoms with van der Waals surface area (Å²) in [6.45, 7) is 2.23. The molecule has 6 nitrogen and oxygen atoms in total. The number of para-hydroxylation sites is 1. The molecular formula is C18H13Cl2N5O. The van der Waals surface area contributed by atoms with Crippen molar-refractivity contribution < 1.29 is 4.79 Å². The second kappa shape index (κ2) is 7.56. The van der Waals surface area contributed by atoms with Crippen LogP contribution in [0.3, 0.4) is 0 Å². The molecule has 0 saturated carbocycles. The van der Waals surface area contributed by atoms with Gasteiger partial charge in [0.1, 0.15) is 11.8 Å². The highest BCUT2D eigenvalue weighted by Crippen LogP contribution is 2.35. The molecule has 0 saturated heterocycles. The predicted molar refractivity (Wildman–Crippen MR) is 100 cm³/mol. The minimum Gasteiger partial charge on any atom is -0.293 e. The lowest BCUT2D eigenvalue weighted by molar-refractivity contribution is 0.244. The Labute approximate surface area is 160 Å². The van der Waals surface area contributed by atoms with E-state index in [1.165, 1.54) is 4.90 Å². The van der Waals surface area contributed by atoms with Crippen LogP contribution in [-0.4, -0.2) is 27.6 Å². The molecule has 3 aromatic rings. The fraction of sp³-hybridized carbons (Fsp3) is 0.111. The SMILES string of the molecule is CCN(C(=O)n1nnc(-c2c(Cl)cccc2Cl)c1C#N)c1ccccc1. The molecule has 1 aromatic heterocycles. The number of benzene rings is 2. The first-order valence-electron chi connectivity index (χ1n) is 7.75. The van der Waals surface area contributed by atoms with Gasteiger partial charge in [0.05, 0.1) is 10.0 Å². The van der Waals surface area contributed by atoms with Gasteiger partial charge in [0, 0.05) is 17.8 Å². The van der Waals surface area contributed by atoms with Crippen molar-refractivity contribution in [1.82, 2.24) is 15.0 Å². The zero-order valence-electron chi connectivity index (χ0n) is 13.7. The Balaban J connectivity index is 2.09. The van der Waals surface area contributed by atoms with Crippen LogP contribution >= 0.6 is 23.2 Å². The molecule has 0 N–H and O–H groups in total. The zero-order chi connectivity index (χ0) is 18.7. The largest absolute Gasteiger partial charge is 0.351 e. The van der Waals surface area contributed by atoms with E-state index in [0.29, 0.717) is 27.8 Å². The number of hydrogen-bond donors (Lipinski definition) is 0. The molecule has 8 heteroatoms. The molecule has 2 aromatic carbocycles. The maximum absolute atomic E-state index is 12.9. The fourth-order valence-corrected chi connectivity index (χ4v) is 3.14. The number of amides is 1. The van der Waals surface area contributed by atoms with Gasteiger partial charge >= 0.3 is 6.03 Å². The zero-order valence-corrected chi connectivity index (χ0v) is 15.2. The van der Waals surface area contributed by atoms with Crippen LogP contribution in [0.4, 0.5) is 10.5 Å². The summed E-state index contributed by atoms with van der Waals surface area (Å²) in [5.74, 6) is 0. The van der Waals surface area contributed by atoms with Gasteiger partial charge in [-0.2, -0.15) is 5.26 Å². The lowest BCUT2D eigenvalue weighted by atomic mass is 10.1. The predicted octanol–water partition coefficient (Wildman–Crippen LogP) is 4.62. The van der Waals surface area contributed by atoms with Gasteiger partial charge in [-0.05, 0) is 31.2 Å². The fourth-order valence-electron chi connectivity index (χ4n) is 2.56. The van der Waals surface area contributed by atoms with E-state index in [1.807, 2.05) is 31.2 Å². The second-order valence-electron chi connectivity index (χ2n) is 5.27. The van der Waals surface area contributed by atoms with Gasteiger partial charge in [-0.15, -0.1) is 9.78 Å². The quantitative estimate of drug-likeness (QED) is 0.658. The summed E-state index contributed by atoms with van der Waals surface area (Å²) in [7, 11) is 0. The standard InChI is InChI=1S/C18H13Cl2N5O/c1-2-24(12-7-4-3-5-8-12)18(26)25-15(11-21)17(22-23-25)16-13(19)9-6-10-14(16)20/h3-10H,2H2,1H3. The number of rotatable bonds is 3. The molecule has 1 amide bonds. The lowest BCUT2D eigenvalue weighted by Gasteiger charge is -2.20. The third-order valence-electron chi connectivity index (χ3n) is 3.77. The van der Waals surface area contributed by atoms with Crippen LogP contribution in [0, 0.1) is 11.3 Å². The Morgan fingerprint density at radius 1 is 1.15 bits per heavy atom. The molecule has 0 atom stereocenters. The van der Waals surface area contributed by atoms with Gasteiger partial charge < -0.3 is 0 Å². The molecule has 1 heterocycles. The molecule has 0 spiro atoms. The van der Waals surface area contributed by atoms with E-state index in [-0.39, 0.29) is 11.4 Å². The van der Waals surface area contributed by atoms with Crippen LogP contribution in [0.2, 0.25) is 10.0 Å². The van der Waals surface area contributed by atoms with Crippen molar-refractivity contribution in [2.75, 3.05) is 11.4 Å². The molecule has 0 bridgehead atoms. The van der Waals surface area contributed by atoms with Crippen molar-refractivity contribution in [3.8, 4) is 17.3 Å². The van der Waals surface area contributed by atoms with Gasteiger partial charge in [-0.1, -0.05) is 52.7 Å². The average molecular weight is 386 g/mol. The number of anilines is 1. The van der Waals surface area contributed by atoms with Crippen LogP contribution in [0.5, 0.6) is 0 Å². The Kier molecular flexibility index (Phi) is 5.21. The van der Waals surface area contributed by atoms with E-state index >= 15 is 0 Å². The Hall–Kier alpha value is -2.88. The molecule has 0 aliphatic rings. The minimum absolute atomic E-state index is 0.0284.